The molecule has 2 aromatic carbocycles. The summed E-state index contributed by atoms with van der Waals surface area (Å²) >= 11 is 0. The van der Waals surface area contributed by atoms with Crippen LogP contribution in [0, 0.1) is 0 Å². The number of fused-ring (bicyclic) bond motifs is 1. The van der Waals surface area contributed by atoms with E-state index in [1.54, 1.807) is 69.3 Å². The third kappa shape index (κ3) is 3.42. The van der Waals surface area contributed by atoms with Crippen LogP contribution in [0.15, 0.2) is 60.7 Å². The third-order valence-corrected chi connectivity index (χ3v) is 3.78. The molecule has 2 amide bonds. The first-order chi connectivity index (χ1) is 12.3. The van der Waals surface area contributed by atoms with Crippen LogP contribution >= 0.6 is 0 Å². The van der Waals surface area contributed by atoms with Crippen LogP contribution in [0.1, 0.15) is 36.7 Å². The molecule has 0 N–H and O–H groups in total. The number of anilines is 1. The maximum Gasteiger partial charge on any atom is 0.422 e. The molecular weight excluding hydrogens is 330 g/mol. The molecule has 0 spiro atoms. The van der Waals surface area contributed by atoms with E-state index in [4.69, 9.17) is 4.74 Å². The zero-order valence-electron chi connectivity index (χ0n) is 14.9. The predicted octanol–water partition coefficient (Wildman–Crippen LogP) is 4.23. The van der Waals surface area contributed by atoms with Crippen LogP contribution in [0.4, 0.5) is 10.5 Å². The van der Waals surface area contributed by atoms with Crippen LogP contribution in [-0.4, -0.2) is 23.4 Å². The number of benzene rings is 2. The first kappa shape index (κ1) is 17.6. The second-order valence-electron chi connectivity index (χ2n) is 6.93. The molecule has 0 atom stereocenters. The van der Waals surface area contributed by atoms with E-state index in [0.717, 1.165) is 4.90 Å². The molecule has 0 radical (unpaired) electrons. The lowest BCUT2D eigenvalue weighted by Gasteiger charge is -2.23. The molecule has 2 aromatic rings. The Morgan fingerprint density at radius 2 is 1.58 bits per heavy atom. The molecule has 26 heavy (non-hydrogen) atoms. The van der Waals surface area contributed by atoms with Gasteiger partial charge in [-0.15, -0.1) is 0 Å². The molecule has 0 aliphatic carbocycles. The molecule has 132 valence electrons. The molecule has 0 unspecified atom stereocenters. The van der Waals surface area contributed by atoms with Gasteiger partial charge >= 0.3 is 6.09 Å². The van der Waals surface area contributed by atoms with Gasteiger partial charge in [0.1, 0.15) is 5.60 Å². The van der Waals surface area contributed by atoms with Crippen molar-refractivity contribution in [3.63, 3.8) is 0 Å². The van der Waals surface area contributed by atoms with Crippen LogP contribution in [0.5, 0.6) is 0 Å². The summed E-state index contributed by atoms with van der Waals surface area (Å²) in [7, 11) is 0. The number of rotatable bonds is 2. The predicted molar refractivity (Wildman–Crippen MR) is 98.9 cm³/mol. The summed E-state index contributed by atoms with van der Waals surface area (Å²) in [6.07, 6.45) is 0.520. The van der Waals surface area contributed by atoms with Gasteiger partial charge in [0.2, 0.25) is 0 Å². The maximum atomic E-state index is 12.9. The molecular formula is C21H19NO4. The summed E-state index contributed by atoms with van der Waals surface area (Å²) in [4.78, 5) is 38.8. The van der Waals surface area contributed by atoms with Crippen LogP contribution in [0.2, 0.25) is 0 Å². The van der Waals surface area contributed by atoms with E-state index in [1.807, 2.05) is 6.07 Å². The van der Waals surface area contributed by atoms with E-state index >= 15 is 0 Å². The highest BCUT2D eigenvalue weighted by Crippen LogP contribution is 2.37. The largest absolute Gasteiger partial charge is 0.443 e. The first-order valence-electron chi connectivity index (χ1n) is 8.26. The minimum atomic E-state index is -0.759. The Morgan fingerprint density at radius 3 is 2.23 bits per heavy atom. The number of carbonyl (C=O) groups excluding carboxylic acids is 3. The van der Waals surface area contributed by atoms with Crippen molar-refractivity contribution < 1.29 is 19.1 Å². The molecule has 1 heterocycles. The Kier molecular flexibility index (Phi) is 4.47. The topological polar surface area (TPSA) is 63.7 Å². The van der Waals surface area contributed by atoms with Crippen molar-refractivity contribution >= 4 is 29.0 Å². The van der Waals surface area contributed by atoms with E-state index in [9.17, 15) is 14.4 Å². The van der Waals surface area contributed by atoms with Crippen molar-refractivity contribution in [2.24, 2.45) is 0 Å². The van der Waals surface area contributed by atoms with Gasteiger partial charge in [0.25, 0.3) is 5.91 Å². The Labute approximate surface area is 151 Å². The molecule has 5 heteroatoms. The zero-order valence-corrected chi connectivity index (χ0v) is 14.9. The van der Waals surface area contributed by atoms with Gasteiger partial charge in [-0.25, -0.2) is 9.69 Å². The average molecular weight is 349 g/mol. The first-order valence-corrected chi connectivity index (χ1v) is 8.26. The lowest BCUT2D eigenvalue weighted by atomic mass is 10.0. The summed E-state index contributed by atoms with van der Waals surface area (Å²) in [5, 5.41) is 0. The summed E-state index contributed by atoms with van der Waals surface area (Å²) in [6, 6.07) is 15.5. The van der Waals surface area contributed by atoms with E-state index < -0.39 is 17.6 Å². The van der Waals surface area contributed by atoms with Gasteiger partial charge in [0, 0.05) is 11.1 Å². The molecule has 0 bridgehead atoms. The molecule has 0 saturated heterocycles. The monoisotopic (exact) mass is 349 g/mol. The van der Waals surface area contributed by atoms with Crippen LogP contribution < -0.4 is 4.90 Å². The van der Waals surface area contributed by atoms with E-state index in [-0.39, 0.29) is 11.4 Å². The Morgan fingerprint density at radius 1 is 0.962 bits per heavy atom. The van der Waals surface area contributed by atoms with Crippen molar-refractivity contribution in [2.75, 3.05) is 4.90 Å². The molecule has 0 saturated carbocycles. The number of allylic oxidation sites excluding steroid dienone is 1. The number of carbonyl (C=O) groups is 3. The van der Waals surface area contributed by atoms with Gasteiger partial charge in [-0.2, -0.15) is 0 Å². The van der Waals surface area contributed by atoms with Gasteiger partial charge in [0.05, 0.1) is 11.3 Å². The van der Waals surface area contributed by atoms with Gasteiger partial charge < -0.3 is 4.74 Å². The molecule has 0 aromatic heterocycles. The number of hydrogen-bond donors (Lipinski definition) is 0. The van der Waals surface area contributed by atoms with Crippen molar-refractivity contribution in [3.05, 3.63) is 71.8 Å². The highest BCUT2D eigenvalue weighted by molar-refractivity contribution is 6.41. The molecule has 3 rings (SSSR count). The van der Waals surface area contributed by atoms with E-state index in [1.165, 1.54) is 6.08 Å². The SMILES string of the molecule is CC(C)(C)OC(=O)N1C(=O)/C(=C/C(=O)c2ccccc2)c2ccccc21. The van der Waals surface area contributed by atoms with Crippen molar-refractivity contribution in [3.8, 4) is 0 Å². The van der Waals surface area contributed by atoms with Crippen molar-refractivity contribution in [1.82, 2.24) is 0 Å². The minimum Gasteiger partial charge on any atom is -0.443 e. The second-order valence-corrected chi connectivity index (χ2v) is 6.93. The van der Waals surface area contributed by atoms with Gasteiger partial charge in [-0.05, 0) is 32.9 Å². The zero-order chi connectivity index (χ0) is 18.9. The highest BCUT2D eigenvalue weighted by atomic mass is 16.6. The Balaban J connectivity index is 2.01. The van der Waals surface area contributed by atoms with E-state index in [0.29, 0.717) is 16.8 Å². The summed E-state index contributed by atoms with van der Waals surface area (Å²) in [5.74, 6) is -0.862. The fraction of sp³-hybridized carbons (Fsp3) is 0.190. The second kappa shape index (κ2) is 6.59. The van der Waals surface area contributed by atoms with Crippen LogP contribution in [0.3, 0.4) is 0 Å². The van der Waals surface area contributed by atoms with Gasteiger partial charge in [-0.3, -0.25) is 9.59 Å². The Bertz CT molecular complexity index is 907. The number of ketones is 1. The molecule has 0 fully saturated rings. The molecule has 5 nitrogen and oxygen atoms in total. The smallest absolute Gasteiger partial charge is 0.422 e. The average Bonchev–Trinajstić information content (AvgIpc) is 2.86. The van der Waals surface area contributed by atoms with Crippen LogP contribution in [0.25, 0.3) is 5.57 Å². The maximum absolute atomic E-state index is 12.9. The van der Waals surface area contributed by atoms with Gasteiger partial charge in [0.15, 0.2) is 5.78 Å². The number of hydrogen-bond acceptors (Lipinski definition) is 4. The fourth-order valence-corrected chi connectivity index (χ4v) is 2.69. The standard InChI is InChI=1S/C21H19NO4/c1-21(2,3)26-20(25)22-17-12-8-7-11-15(17)16(19(22)24)13-18(23)14-9-5-4-6-10-14/h4-13H,1-3H3/b16-13+. The highest BCUT2D eigenvalue weighted by Gasteiger charge is 2.39. The van der Waals surface area contributed by atoms with Crippen LogP contribution in [-0.2, 0) is 9.53 Å². The van der Waals surface area contributed by atoms with Crippen molar-refractivity contribution in [1.29, 1.82) is 0 Å². The number of para-hydroxylation sites is 1. The lowest BCUT2D eigenvalue weighted by Crippen LogP contribution is -2.38. The normalized spacial score (nSPS) is 15.1. The summed E-state index contributed by atoms with van der Waals surface area (Å²) in [5.41, 5.74) is 0.867. The number of imide groups is 1. The third-order valence-electron chi connectivity index (χ3n) is 3.78. The number of ether oxygens (including phenoxy) is 1. The summed E-state index contributed by atoms with van der Waals surface area (Å²) in [6.45, 7) is 5.19. The molecule has 1 aliphatic heterocycles. The molecule has 1 aliphatic rings. The van der Waals surface area contributed by atoms with Gasteiger partial charge in [-0.1, -0.05) is 48.5 Å². The Hall–Kier alpha value is -3.21. The lowest BCUT2D eigenvalue weighted by molar-refractivity contribution is -0.112. The minimum absolute atomic E-state index is 0.181. The fourth-order valence-electron chi connectivity index (χ4n) is 2.69. The number of amides is 2. The van der Waals surface area contributed by atoms with Crippen molar-refractivity contribution in [2.45, 2.75) is 26.4 Å². The number of nitrogens with zero attached hydrogens (tertiary/aromatic N) is 1. The quantitative estimate of drug-likeness (QED) is 0.601. The summed E-state index contributed by atoms with van der Waals surface area (Å²) < 4.78 is 5.34. The van der Waals surface area contributed by atoms with E-state index in [2.05, 4.69) is 0 Å².